The van der Waals surface area contributed by atoms with Gasteiger partial charge in [-0.3, -0.25) is 14.2 Å². The summed E-state index contributed by atoms with van der Waals surface area (Å²) in [4.78, 5) is 30.4. The zero-order valence-corrected chi connectivity index (χ0v) is 18.3. The molecule has 1 aliphatic carbocycles. The van der Waals surface area contributed by atoms with E-state index in [2.05, 4.69) is 5.32 Å². The number of amides is 1. The van der Waals surface area contributed by atoms with Crippen LogP contribution < -0.4 is 10.9 Å². The molecule has 1 amide bonds. The van der Waals surface area contributed by atoms with Crippen LogP contribution >= 0.6 is 23.4 Å². The first kappa shape index (κ1) is 21.2. The van der Waals surface area contributed by atoms with E-state index >= 15 is 0 Å². The van der Waals surface area contributed by atoms with E-state index in [1.54, 1.807) is 18.2 Å². The summed E-state index contributed by atoms with van der Waals surface area (Å²) < 4.78 is 1.82. The second kappa shape index (κ2) is 8.87. The summed E-state index contributed by atoms with van der Waals surface area (Å²) in [6.45, 7) is 6.05. The Morgan fingerprint density at radius 2 is 2.04 bits per heavy atom. The van der Waals surface area contributed by atoms with Crippen molar-refractivity contribution in [1.29, 1.82) is 0 Å². The smallest absolute Gasteiger partial charge is 0.262 e. The fourth-order valence-electron chi connectivity index (χ4n) is 3.55. The van der Waals surface area contributed by atoms with Gasteiger partial charge in [-0.2, -0.15) is 0 Å². The van der Waals surface area contributed by atoms with Crippen LogP contribution in [0.25, 0.3) is 10.9 Å². The molecule has 0 radical (unpaired) electrons. The largest absolute Gasteiger partial charge is 0.351 e. The van der Waals surface area contributed by atoms with Gasteiger partial charge in [-0.05, 0) is 51.3 Å². The fourth-order valence-corrected chi connectivity index (χ4v) is 4.58. The van der Waals surface area contributed by atoms with Crippen LogP contribution in [0.15, 0.2) is 28.2 Å². The Morgan fingerprint density at radius 3 is 2.71 bits per heavy atom. The predicted octanol–water partition coefficient (Wildman–Crippen LogP) is 4.95. The van der Waals surface area contributed by atoms with Crippen LogP contribution in [0.2, 0.25) is 5.02 Å². The summed E-state index contributed by atoms with van der Waals surface area (Å²) in [5.74, 6) is 0.182. The van der Waals surface area contributed by atoms with Crippen molar-refractivity contribution < 1.29 is 4.79 Å². The van der Waals surface area contributed by atoms with Crippen LogP contribution in [0.4, 0.5) is 0 Å². The number of thioether (sulfide) groups is 1. The lowest BCUT2D eigenvalue weighted by atomic mass is 9.95. The van der Waals surface area contributed by atoms with E-state index in [1.807, 2.05) is 25.3 Å². The van der Waals surface area contributed by atoms with Crippen molar-refractivity contribution in [2.24, 2.45) is 0 Å². The van der Waals surface area contributed by atoms with Crippen LogP contribution in [0.5, 0.6) is 0 Å². The number of nitrogens with zero attached hydrogens (tertiary/aromatic N) is 2. The summed E-state index contributed by atoms with van der Waals surface area (Å²) >= 11 is 7.44. The van der Waals surface area contributed by atoms with Crippen molar-refractivity contribution in [3.05, 3.63) is 33.6 Å². The zero-order valence-electron chi connectivity index (χ0n) is 16.8. The van der Waals surface area contributed by atoms with Crippen molar-refractivity contribution in [3.63, 3.8) is 0 Å². The molecule has 1 saturated carbocycles. The van der Waals surface area contributed by atoms with Crippen molar-refractivity contribution in [3.8, 4) is 0 Å². The van der Waals surface area contributed by atoms with Crippen LogP contribution in [0.3, 0.4) is 0 Å². The third kappa shape index (κ3) is 4.90. The number of carbonyl (C=O) groups excluding carboxylic acids is 1. The lowest BCUT2D eigenvalue weighted by molar-refractivity contribution is -0.120. The van der Waals surface area contributed by atoms with Gasteiger partial charge in [0.1, 0.15) is 0 Å². The SMILES string of the molecule is CCC(C)(C)NC(=O)CSc1nc2cc(Cl)ccc2c(=O)n1C1CCCCC1. The van der Waals surface area contributed by atoms with Gasteiger partial charge >= 0.3 is 0 Å². The molecule has 1 aromatic heterocycles. The molecule has 1 fully saturated rings. The Morgan fingerprint density at radius 1 is 1.32 bits per heavy atom. The summed E-state index contributed by atoms with van der Waals surface area (Å²) in [5, 5.41) is 4.78. The Bertz CT molecular complexity index is 920. The third-order valence-electron chi connectivity index (χ3n) is 5.47. The summed E-state index contributed by atoms with van der Waals surface area (Å²) in [5.41, 5.74) is 0.303. The van der Waals surface area contributed by atoms with Crippen molar-refractivity contribution in [2.45, 2.75) is 76.0 Å². The number of rotatable bonds is 6. The summed E-state index contributed by atoms with van der Waals surface area (Å²) in [6, 6.07) is 5.34. The zero-order chi connectivity index (χ0) is 20.3. The maximum atomic E-state index is 13.2. The van der Waals surface area contributed by atoms with Crippen LogP contribution in [0.1, 0.15) is 65.3 Å². The highest BCUT2D eigenvalue weighted by molar-refractivity contribution is 7.99. The standard InChI is InChI=1S/C21H28ClN3O2S/c1-4-21(2,3)24-18(26)13-28-20-23-17-12-14(22)10-11-16(17)19(27)25(20)15-8-6-5-7-9-15/h10-12,15H,4-9,13H2,1-3H3,(H,24,26). The highest BCUT2D eigenvalue weighted by atomic mass is 35.5. The number of benzene rings is 1. The van der Waals surface area contributed by atoms with Gasteiger partial charge in [0.25, 0.3) is 5.56 Å². The minimum absolute atomic E-state index is 0.0367. The first-order valence-electron chi connectivity index (χ1n) is 9.96. The van der Waals surface area contributed by atoms with Gasteiger partial charge in [-0.15, -0.1) is 0 Å². The molecular formula is C21H28ClN3O2S. The van der Waals surface area contributed by atoms with Gasteiger partial charge in [0.05, 0.1) is 16.7 Å². The van der Waals surface area contributed by atoms with E-state index in [4.69, 9.17) is 16.6 Å². The third-order valence-corrected chi connectivity index (χ3v) is 6.65. The fraction of sp³-hybridized carbons (Fsp3) is 0.571. The van der Waals surface area contributed by atoms with Crippen LogP contribution in [-0.4, -0.2) is 26.8 Å². The van der Waals surface area contributed by atoms with Crippen molar-refractivity contribution in [1.82, 2.24) is 14.9 Å². The van der Waals surface area contributed by atoms with Gasteiger partial charge in [0.15, 0.2) is 5.16 Å². The Kier molecular flexibility index (Phi) is 6.71. The van der Waals surface area contributed by atoms with E-state index in [0.29, 0.717) is 21.1 Å². The second-order valence-electron chi connectivity index (χ2n) is 8.10. The lowest BCUT2D eigenvalue weighted by Gasteiger charge is -2.27. The topological polar surface area (TPSA) is 64.0 Å². The molecule has 28 heavy (non-hydrogen) atoms. The molecular weight excluding hydrogens is 394 g/mol. The molecule has 0 atom stereocenters. The number of nitrogens with one attached hydrogen (secondary N) is 1. The summed E-state index contributed by atoms with van der Waals surface area (Å²) in [6.07, 6.45) is 6.24. The number of aromatic nitrogens is 2. The molecule has 1 aromatic carbocycles. The summed E-state index contributed by atoms with van der Waals surface area (Å²) in [7, 11) is 0. The molecule has 0 bridgehead atoms. The molecule has 1 aliphatic rings. The van der Waals surface area contributed by atoms with Gasteiger partial charge < -0.3 is 5.32 Å². The Labute approximate surface area is 175 Å². The maximum Gasteiger partial charge on any atom is 0.262 e. The average Bonchev–Trinajstić information content (AvgIpc) is 2.66. The van der Waals surface area contributed by atoms with Crippen LogP contribution in [-0.2, 0) is 4.79 Å². The van der Waals surface area contributed by atoms with E-state index in [9.17, 15) is 9.59 Å². The van der Waals surface area contributed by atoms with Crippen LogP contribution in [0, 0.1) is 0 Å². The first-order chi connectivity index (χ1) is 13.3. The quantitative estimate of drug-likeness (QED) is 0.529. The molecule has 7 heteroatoms. The molecule has 1 N–H and O–H groups in total. The minimum Gasteiger partial charge on any atom is -0.351 e. The van der Waals surface area contributed by atoms with Gasteiger partial charge in [-0.1, -0.05) is 49.5 Å². The monoisotopic (exact) mass is 421 g/mol. The van der Waals surface area contributed by atoms with Gasteiger partial charge in [-0.25, -0.2) is 4.98 Å². The highest BCUT2D eigenvalue weighted by Crippen LogP contribution is 2.31. The van der Waals surface area contributed by atoms with E-state index in [0.717, 1.165) is 32.1 Å². The molecule has 1 heterocycles. The molecule has 152 valence electrons. The highest BCUT2D eigenvalue weighted by Gasteiger charge is 2.23. The molecule has 0 unspecified atom stereocenters. The van der Waals surface area contributed by atoms with Crippen molar-refractivity contribution in [2.75, 3.05) is 5.75 Å². The van der Waals surface area contributed by atoms with Gasteiger partial charge in [0, 0.05) is 16.6 Å². The predicted molar refractivity (Wildman–Crippen MR) is 116 cm³/mol. The molecule has 5 nitrogen and oxygen atoms in total. The Balaban J connectivity index is 1.94. The Hall–Kier alpha value is -1.53. The molecule has 0 aliphatic heterocycles. The molecule has 0 spiro atoms. The van der Waals surface area contributed by atoms with Crippen molar-refractivity contribution >= 4 is 40.2 Å². The molecule has 3 rings (SSSR count). The number of carbonyl (C=O) groups is 1. The molecule has 2 aromatic rings. The molecule has 0 saturated heterocycles. The minimum atomic E-state index is -0.245. The number of hydrogen-bond donors (Lipinski definition) is 1. The number of hydrogen-bond acceptors (Lipinski definition) is 4. The number of fused-ring (bicyclic) bond motifs is 1. The average molecular weight is 422 g/mol. The van der Waals surface area contributed by atoms with Gasteiger partial charge in [0.2, 0.25) is 5.91 Å². The second-order valence-corrected chi connectivity index (χ2v) is 9.48. The lowest BCUT2D eigenvalue weighted by Crippen LogP contribution is -2.43. The normalized spacial score (nSPS) is 15.7. The van der Waals surface area contributed by atoms with E-state index in [1.165, 1.54) is 18.2 Å². The van der Waals surface area contributed by atoms with E-state index in [-0.39, 0.29) is 28.8 Å². The van der Waals surface area contributed by atoms with E-state index < -0.39 is 0 Å². The number of halogens is 1. The first-order valence-corrected chi connectivity index (χ1v) is 11.3. The maximum absolute atomic E-state index is 13.2.